The molecule has 0 spiro atoms. The van der Waals surface area contributed by atoms with Crippen LogP contribution in [-0.4, -0.2) is 19.1 Å². The molecule has 0 aromatic heterocycles. The van der Waals surface area contributed by atoms with E-state index < -0.39 is 0 Å². The van der Waals surface area contributed by atoms with E-state index in [1.165, 1.54) is 5.56 Å². The maximum atomic E-state index is 6.42. The molecule has 0 bridgehead atoms. The standard InChI is InChI=1S/C17H18Cl2N2/c1-12-11-21(16-8-7-14(18)9-15(16)19)17(10-20-12)13-5-3-2-4-6-13/h2-9,12,17,20H,10-11H2,1H3. The number of rotatable bonds is 2. The molecule has 1 heterocycles. The molecule has 2 nitrogen and oxygen atoms in total. The van der Waals surface area contributed by atoms with Crippen LogP contribution in [0.2, 0.25) is 10.0 Å². The number of nitrogens with one attached hydrogen (secondary N) is 1. The van der Waals surface area contributed by atoms with Crippen molar-refractivity contribution in [2.75, 3.05) is 18.0 Å². The Morgan fingerprint density at radius 3 is 2.57 bits per heavy atom. The molecular formula is C17H18Cl2N2. The van der Waals surface area contributed by atoms with E-state index in [2.05, 4.69) is 41.4 Å². The van der Waals surface area contributed by atoms with Crippen molar-refractivity contribution >= 4 is 28.9 Å². The molecule has 1 saturated heterocycles. The predicted octanol–water partition coefficient (Wildman–Crippen LogP) is 4.53. The highest BCUT2D eigenvalue weighted by molar-refractivity contribution is 6.36. The average Bonchev–Trinajstić information content (AvgIpc) is 2.48. The zero-order valence-electron chi connectivity index (χ0n) is 11.9. The molecule has 0 radical (unpaired) electrons. The number of anilines is 1. The molecule has 1 fully saturated rings. The maximum Gasteiger partial charge on any atom is 0.0668 e. The lowest BCUT2D eigenvalue weighted by Crippen LogP contribution is -2.51. The van der Waals surface area contributed by atoms with Gasteiger partial charge in [-0.05, 0) is 30.7 Å². The third-order valence-electron chi connectivity index (χ3n) is 3.91. The fourth-order valence-electron chi connectivity index (χ4n) is 2.86. The lowest BCUT2D eigenvalue weighted by molar-refractivity contribution is 0.416. The van der Waals surface area contributed by atoms with E-state index in [4.69, 9.17) is 23.2 Å². The minimum atomic E-state index is 0.279. The lowest BCUT2D eigenvalue weighted by atomic mass is 10.0. The van der Waals surface area contributed by atoms with Gasteiger partial charge in [0.15, 0.2) is 0 Å². The Hall–Kier alpha value is -1.22. The highest BCUT2D eigenvalue weighted by Gasteiger charge is 2.28. The molecule has 0 amide bonds. The first-order chi connectivity index (χ1) is 10.1. The summed E-state index contributed by atoms with van der Waals surface area (Å²) >= 11 is 12.4. The monoisotopic (exact) mass is 320 g/mol. The van der Waals surface area contributed by atoms with Crippen LogP contribution in [0.25, 0.3) is 0 Å². The van der Waals surface area contributed by atoms with Crippen LogP contribution in [0, 0.1) is 0 Å². The van der Waals surface area contributed by atoms with Gasteiger partial charge in [0, 0.05) is 24.2 Å². The van der Waals surface area contributed by atoms with Crippen molar-refractivity contribution < 1.29 is 0 Å². The Balaban J connectivity index is 1.98. The first-order valence-corrected chi connectivity index (χ1v) is 7.91. The Kier molecular flexibility index (Phi) is 4.39. The molecule has 2 unspecified atom stereocenters. The van der Waals surface area contributed by atoms with Gasteiger partial charge in [0.2, 0.25) is 0 Å². The maximum absolute atomic E-state index is 6.42. The largest absolute Gasteiger partial charge is 0.360 e. The van der Waals surface area contributed by atoms with Crippen LogP contribution in [0.15, 0.2) is 48.5 Å². The fraction of sp³-hybridized carbons (Fsp3) is 0.294. The van der Waals surface area contributed by atoms with Crippen LogP contribution in [0.5, 0.6) is 0 Å². The zero-order valence-corrected chi connectivity index (χ0v) is 13.4. The van der Waals surface area contributed by atoms with Crippen molar-refractivity contribution in [3.8, 4) is 0 Å². The summed E-state index contributed by atoms with van der Waals surface area (Å²) in [5, 5.41) is 4.93. The molecule has 0 aliphatic carbocycles. The van der Waals surface area contributed by atoms with E-state index in [1.807, 2.05) is 24.3 Å². The van der Waals surface area contributed by atoms with Crippen LogP contribution in [0.4, 0.5) is 5.69 Å². The minimum Gasteiger partial charge on any atom is -0.360 e. The molecule has 2 atom stereocenters. The van der Waals surface area contributed by atoms with Crippen molar-refractivity contribution in [1.82, 2.24) is 5.32 Å². The van der Waals surface area contributed by atoms with Crippen LogP contribution < -0.4 is 10.2 Å². The summed E-state index contributed by atoms with van der Waals surface area (Å²) < 4.78 is 0. The number of halogens is 2. The fourth-order valence-corrected chi connectivity index (χ4v) is 3.38. The summed E-state index contributed by atoms with van der Waals surface area (Å²) in [4.78, 5) is 2.37. The van der Waals surface area contributed by atoms with Crippen molar-refractivity contribution in [3.63, 3.8) is 0 Å². The SMILES string of the molecule is CC1CN(c2ccc(Cl)cc2Cl)C(c2ccccc2)CN1. The summed E-state index contributed by atoms with van der Waals surface area (Å²) in [5.74, 6) is 0. The second-order valence-corrected chi connectivity index (χ2v) is 6.33. The molecule has 110 valence electrons. The van der Waals surface area contributed by atoms with Gasteiger partial charge < -0.3 is 10.2 Å². The Labute approximate surface area is 135 Å². The van der Waals surface area contributed by atoms with Crippen LogP contribution in [-0.2, 0) is 0 Å². The third-order valence-corrected chi connectivity index (χ3v) is 4.45. The van der Waals surface area contributed by atoms with E-state index >= 15 is 0 Å². The molecule has 2 aromatic rings. The number of hydrogen-bond donors (Lipinski definition) is 1. The molecule has 21 heavy (non-hydrogen) atoms. The minimum absolute atomic E-state index is 0.279. The Morgan fingerprint density at radius 2 is 1.86 bits per heavy atom. The Bertz CT molecular complexity index is 615. The molecule has 1 aliphatic rings. The molecule has 3 rings (SSSR count). The first kappa shape index (κ1) is 14.7. The summed E-state index contributed by atoms with van der Waals surface area (Å²) in [6, 6.07) is 17.0. The highest BCUT2D eigenvalue weighted by atomic mass is 35.5. The number of hydrogen-bond acceptors (Lipinski definition) is 2. The zero-order chi connectivity index (χ0) is 14.8. The third kappa shape index (κ3) is 3.18. The molecule has 1 aliphatic heterocycles. The summed E-state index contributed by atoms with van der Waals surface area (Å²) in [5.41, 5.74) is 2.34. The van der Waals surface area contributed by atoms with E-state index in [1.54, 1.807) is 0 Å². The van der Waals surface area contributed by atoms with Crippen molar-refractivity contribution in [3.05, 3.63) is 64.1 Å². The van der Waals surface area contributed by atoms with Gasteiger partial charge in [-0.25, -0.2) is 0 Å². The van der Waals surface area contributed by atoms with Crippen molar-refractivity contribution in [1.29, 1.82) is 0 Å². The highest BCUT2D eigenvalue weighted by Crippen LogP contribution is 2.35. The van der Waals surface area contributed by atoms with E-state index in [9.17, 15) is 0 Å². The number of piperazine rings is 1. The Morgan fingerprint density at radius 1 is 1.10 bits per heavy atom. The van der Waals surface area contributed by atoms with Gasteiger partial charge in [-0.2, -0.15) is 0 Å². The lowest BCUT2D eigenvalue weighted by Gasteiger charge is -2.41. The smallest absolute Gasteiger partial charge is 0.0668 e. The van der Waals surface area contributed by atoms with Gasteiger partial charge in [0.25, 0.3) is 0 Å². The second kappa shape index (κ2) is 6.27. The molecule has 1 N–H and O–H groups in total. The normalized spacial score (nSPS) is 22.3. The van der Waals surface area contributed by atoms with Crippen molar-refractivity contribution in [2.24, 2.45) is 0 Å². The molecular weight excluding hydrogens is 303 g/mol. The average molecular weight is 321 g/mol. The van der Waals surface area contributed by atoms with E-state index in [0.717, 1.165) is 18.8 Å². The van der Waals surface area contributed by atoms with Gasteiger partial charge in [0.05, 0.1) is 16.8 Å². The quantitative estimate of drug-likeness (QED) is 0.874. The molecule has 4 heteroatoms. The summed E-state index contributed by atoms with van der Waals surface area (Å²) in [7, 11) is 0. The van der Waals surface area contributed by atoms with Gasteiger partial charge in [-0.1, -0.05) is 53.5 Å². The molecule has 2 aromatic carbocycles. The van der Waals surface area contributed by atoms with Gasteiger partial charge in [-0.15, -0.1) is 0 Å². The van der Waals surface area contributed by atoms with Crippen LogP contribution in [0.1, 0.15) is 18.5 Å². The van der Waals surface area contributed by atoms with Gasteiger partial charge in [0.1, 0.15) is 0 Å². The van der Waals surface area contributed by atoms with E-state index in [-0.39, 0.29) is 6.04 Å². The second-order valence-electron chi connectivity index (χ2n) is 5.48. The van der Waals surface area contributed by atoms with Crippen molar-refractivity contribution in [2.45, 2.75) is 19.0 Å². The number of nitrogens with zero attached hydrogens (tertiary/aromatic N) is 1. The van der Waals surface area contributed by atoms with Gasteiger partial charge in [-0.3, -0.25) is 0 Å². The predicted molar refractivity (Wildman–Crippen MR) is 90.5 cm³/mol. The van der Waals surface area contributed by atoms with Crippen LogP contribution in [0.3, 0.4) is 0 Å². The summed E-state index contributed by atoms with van der Waals surface area (Å²) in [6.07, 6.45) is 0. The topological polar surface area (TPSA) is 15.3 Å². The van der Waals surface area contributed by atoms with Crippen LogP contribution >= 0.6 is 23.2 Å². The first-order valence-electron chi connectivity index (χ1n) is 7.15. The summed E-state index contributed by atoms with van der Waals surface area (Å²) in [6.45, 7) is 4.02. The van der Waals surface area contributed by atoms with Gasteiger partial charge >= 0.3 is 0 Å². The number of benzene rings is 2. The van der Waals surface area contributed by atoms with E-state index in [0.29, 0.717) is 16.1 Å². The molecule has 0 saturated carbocycles.